The van der Waals surface area contributed by atoms with Crippen molar-refractivity contribution in [2.24, 2.45) is 0 Å². The number of rotatable bonds is 0. The SMILES string of the molecule is S=C([S-])N1CCN(C(=S)[S-])CC1.[K+].[K+]. The molecule has 0 aromatic heterocycles. The summed E-state index contributed by atoms with van der Waals surface area (Å²) in [6, 6.07) is 0. The second kappa shape index (κ2) is 10.4. The van der Waals surface area contributed by atoms with Crippen LogP contribution in [0.15, 0.2) is 0 Å². The molecule has 1 aliphatic heterocycles. The second-order valence-corrected chi connectivity index (χ2v) is 4.57. The first-order chi connectivity index (χ1) is 5.61. The van der Waals surface area contributed by atoms with Gasteiger partial charge in [-0.25, -0.2) is 0 Å². The van der Waals surface area contributed by atoms with Crippen LogP contribution >= 0.6 is 24.4 Å². The fraction of sp³-hybridized carbons (Fsp3) is 0.667. The largest absolute Gasteiger partial charge is 1.00 e. The van der Waals surface area contributed by atoms with Gasteiger partial charge in [-0.3, -0.25) is 0 Å². The first kappa shape index (κ1) is 19.8. The van der Waals surface area contributed by atoms with E-state index in [1.807, 2.05) is 9.80 Å². The second-order valence-electron chi connectivity index (χ2n) is 2.51. The van der Waals surface area contributed by atoms with E-state index >= 15 is 0 Å². The maximum Gasteiger partial charge on any atom is 1.00 e. The van der Waals surface area contributed by atoms with Crippen molar-refractivity contribution in [3.05, 3.63) is 0 Å². The van der Waals surface area contributed by atoms with E-state index in [-0.39, 0.29) is 103 Å². The molecular weight excluding hydrogens is 307 g/mol. The molecule has 0 unspecified atom stereocenters. The molecule has 0 radical (unpaired) electrons. The molecule has 1 rings (SSSR count). The molecule has 1 heterocycles. The Hall–Kier alpha value is 3.49. The zero-order valence-electron chi connectivity index (χ0n) is 8.36. The molecule has 0 atom stereocenters. The van der Waals surface area contributed by atoms with E-state index in [0.29, 0.717) is 8.64 Å². The van der Waals surface area contributed by atoms with Crippen LogP contribution in [0, 0.1) is 0 Å². The third-order valence-corrected chi connectivity index (χ3v) is 2.83. The fourth-order valence-corrected chi connectivity index (χ4v) is 1.80. The van der Waals surface area contributed by atoms with Gasteiger partial charge in [0.2, 0.25) is 0 Å². The maximum absolute atomic E-state index is 4.88. The van der Waals surface area contributed by atoms with Gasteiger partial charge in [-0.15, -0.1) is 0 Å². The Morgan fingerprint density at radius 1 is 0.786 bits per heavy atom. The average Bonchev–Trinajstić information content (AvgIpc) is 2.04. The third-order valence-electron chi connectivity index (χ3n) is 1.80. The van der Waals surface area contributed by atoms with E-state index in [9.17, 15) is 0 Å². The Morgan fingerprint density at radius 2 is 1.00 bits per heavy atom. The van der Waals surface area contributed by atoms with Crippen molar-refractivity contribution in [3.63, 3.8) is 0 Å². The summed E-state index contributed by atoms with van der Waals surface area (Å²) >= 11 is 19.5. The molecule has 0 amide bonds. The zero-order chi connectivity index (χ0) is 9.14. The molecule has 0 aromatic carbocycles. The van der Waals surface area contributed by atoms with Crippen molar-refractivity contribution in [1.82, 2.24) is 9.80 Å². The first-order valence-corrected chi connectivity index (χ1v) is 5.16. The van der Waals surface area contributed by atoms with Crippen LogP contribution in [0.2, 0.25) is 0 Å². The molecule has 8 heteroatoms. The number of hydrogen-bond acceptors (Lipinski definition) is 4. The molecule has 1 fully saturated rings. The molecule has 14 heavy (non-hydrogen) atoms. The van der Waals surface area contributed by atoms with Crippen molar-refractivity contribution >= 4 is 58.3 Å². The summed E-state index contributed by atoms with van der Waals surface area (Å²) in [4.78, 5) is 3.99. The zero-order valence-corrected chi connectivity index (χ0v) is 17.9. The molecule has 1 aliphatic rings. The molecule has 0 aromatic rings. The van der Waals surface area contributed by atoms with Crippen LogP contribution < -0.4 is 103 Å². The molecule has 0 bridgehead atoms. The Balaban J connectivity index is 0. The van der Waals surface area contributed by atoms with Gasteiger partial charge in [0.25, 0.3) is 0 Å². The minimum atomic E-state index is 0. The van der Waals surface area contributed by atoms with Gasteiger partial charge in [0, 0.05) is 26.2 Å². The van der Waals surface area contributed by atoms with E-state index in [1.165, 1.54) is 0 Å². The van der Waals surface area contributed by atoms with Crippen molar-refractivity contribution in [1.29, 1.82) is 0 Å². The summed E-state index contributed by atoms with van der Waals surface area (Å²) in [5.41, 5.74) is 0. The van der Waals surface area contributed by atoms with Crippen molar-refractivity contribution in [2.45, 2.75) is 0 Å². The van der Waals surface area contributed by atoms with Crippen molar-refractivity contribution in [3.8, 4) is 0 Å². The molecule has 0 N–H and O–H groups in total. The van der Waals surface area contributed by atoms with Crippen molar-refractivity contribution < 1.29 is 103 Å². The topological polar surface area (TPSA) is 6.48 Å². The average molecular weight is 315 g/mol. The van der Waals surface area contributed by atoms with Gasteiger partial charge in [0.05, 0.1) is 0 Å². The Labute approximate surface area is 192 Å². The van der Waals surface area contributed by atoms with Crippen LogP contribution in [-0.2, 0) is 25.3 Å². The molecule has 0 aliphatic carbocycles. The molecule has 0 saturated carbocycles. The predicted octanol–water partition coefficient (Wildman–Crippen LogP) is -5.72. The molecule has 1 saturated heterocycles. The summed E-state index contributed by atoms with van der Waals surface area (Å²) in [7, 11) is 0. The number of nitrogens with zero attached hydrogens (tertiary/aromatic N) is 2. The van der Waals surface area contributed by atoms with E-state index in [0.717, 1.165) is 26.2 Å². The summed E-state index contributed by atoms with van der Waals surface area (Å²) in [6.07, 6.45) is 0. The summed E-state index contributed by atoms with van der Waals surface area (Å²) in [5, 5.41) is 0. The van der Waals surface area contributed by atoms with Gasteiger partial charge in [0.15, 0.2) is 0 Å². The molecule has 0 spiro atoms. The Morgan fingerprint density at radius 3 is 1.14 bits per heavy atom. The van der Waals surface area contributed by atoms with Crippen LogP contribution in [0.1, 0.15) is 0 Å². The van der Waals surface area contributed by atoms with Crippen LogP contribution in [0.4, 0.5) is 0 Å². The number of thiocarbonyl (C=S) groups is 2. The van der Waals surface area contributed by atoms with Crippen LogP contribution in [0.3, 0.4) is 0 Å². The van der Waals surface area contributed by atoms with Gasteiger partial charge in [-0.05, 0) is 0 Å². The normalized spacial score (nSPS) is 15.1. The predicted molar refractivity (Wildman–Crippen MR) is 63.1 cm³/mol. The van der Waals surface area contributed by atoms with E-state index in [1.54, 1.807) is 0 Å². The fourth-order valence-electron chi connectivity index (χ4n) is 1.07. The number of hydrogen-bond donors (Lipinski definition) is 0. The Bertz CT molecular complexity index is 184. The van der Waals surface area contributed by atoms with Crippen molar-refractivity contribution in [2.75, 3.05) is 26.2 Å². The summed E-state index contributed by atoms with van der Waals surface area (Å²) in [5.74, 6) is 0. The molecule has 2 nitrogen and oxygen atoms in total. The van der Waals surface area contributed by atoms with E-state index in [2.05, 4.69) is 0 Å². The van der Waals surface area contributed by atoms with Gasteiger partial charge in [-0.1, -0.05) is 8.64 Å². The first-order valence-electron chi connectivity index (χ1n) is 3.53. The maximum atomic E-state index is 4.88. The summed E-state index contributed by atoms with van der Waals surface area (Å²) < 4.78 is 1.09. The summed E-state index contributed by atoms with van der Waals surface area (Å²) in [6.45, 7) is 3.39. The van der Waals surface area contributed by atoms with Crippen LogP contribution in [0.25, 0.3) is 0 Å². The molecular formula is C6H8K2N2S4. The van der Waals surface area contributed by atoms with Gasteiger partial charge < -0.3 is 59.5 Å². The van der Waals surface area contributed by atoms with Gasteiger partial charge >= 0.3 is 103 Å². The molecule has 68 valence electrons. The van der Waals surface area contributed by atoms with Gasteiger partial charge in [-0.2, -0.15) is 0 Å². The van der Waals surface area contributed by atoms with Crippen LogP contribution in [0.5, 0.6) is 0 Å². The van der Waals surface area contributed by atoms with E-state index < -0.39 is 0 Å². The Kier molecular flexibility index (Phi) is 14.8. The van der Waals surface area contributed by atoms with Crippen LogP contribution in [-0.4, -0.2) is 44.6 Å². The standard InChI is InChI=1S/C6H10N2S4.2K/c9-5(10)7-1-2-8(4-3-7)6(11)12;;/h1-4H2,(H,9,10)(H,11,12);;/q;2*+1/p-2. The number of piperazine rings is 1. The van der Waals surface area contributed by atoms with Gasteiger partial charge in [0.1, 0.15) is 0 Å². The monoisotopic (exact) mass is 314 g/mol. The quantitative estimate of drug-likeness (QED) is 0.248. The smallest absolute Gasteiger partial charge is 0.411 e. The third kappa shape index (κ3) is 7.04. The minimum Gasteiger partial charge on any atom is -0.411 e. The van der Waals surface area contributed by atoms with E-state index in [4.69, 9.17) is 49.7 Å². The minimum absolute atomic E-state index is 0.